The highest BCUT2D eigenvalue weighted by molar-refractivity contribution is 5.55. The van der Waals surface area contributed by atoms with Crippen LogP contribution in [0, 0.1) is 0 Å². The predicted molar refractivity (Wildman–Crippen MR) is 96.6 cm³/mol. The zero-order valence-electron chi connectivity index (χ0n) is 15.0. The van der Waals surface area contributed by atoms with Gasteiger partial charge in [0.05, 0.1) is 27.4 Å². The minimum absolute atomic E-state index is 0.0875. The molecule has 0 amide bonds. The molecule has 0 saturated carbocycles. The van der Waals surface area contributed by atoms with Crippen LogP contribution >= 0.6 is 0 Å². The molecular weight excluding hydrogens is 318 g/mol. The molecule has 0 bridgehead atoms. The molecule has 1 aromatic heterocycles. The molecule has 0 aliphatic carbocycles. The number of nitrogens with zero attached hydrogens (tertiary/aromatic N) is 2. The fourth-order valence-corrected chi connectivity index (χ4v) is 3.35. The van der Waals surface area contributed by atoms with Crippen molar-refractivity contribution in [3.63, 3.8) is 0 Å². The largest absolute Gasteiger partial charge is 0.493 e. The van der Waals surface area contributed by atoms with Crippen molar-refractivity contribution in [3.05, 3.63) is 47.8 Å². The molecule has 6 heteroatoms. The van der Waals surface area contributed by atoms with E-state index < -0.39 is 0 Å². The average molecular weight is 343 g/mol. The van der Waals surface area contributed by atoms with Crippen molar-refractivity contribution < 1.29 is 14.2 Å². The zero-order chi connectivity index (χ0) is 17.6. The van der Waals surface area contributed by atoms with Crippen molar-refractivity contribution in [3.8, 4) is 17.2 Å². The number of methoxy groups -OCH3 is 3. The molecule has 1 fully saturated rings. The van der Waals surface area contributed by atoms with Crippen LogP contribution < -0.4 is 19.5 Å². The third-order valence-corrected chi connectivity index (χ3v) is 4.52. The topological polar surface area (TPSA) is 55.9 Å². The van der Waals surface area contributed by atoms with Gasteiger partial charge in [-0.3, -0.25) is 9.88 Å². The van der Waals surface area contributed by atoms with Crippen LogP contribution in [0.3, 0.4) is 0 Å². The molecule has 1 unspecified atom stereocenters. The molecule has 1 saturated heterocycles. The van der Waals surface area contributed by atoms with Gasteiger partial charge >= 0.3 is 0 Å². The lowest BCUT2D eigenvalue weighted by atomic mass is 9.97. The predicted octanol–water partition coefficient (Wildman–Crippen LogP) is 2.10. The van der Waals surface area contributed by atoms with E-state index >= 15 is 0 Å². The second-order valence-electron chi connectivity index (χ2n) is 5.93. The molecule has 1 aliphatic rings. The molecular formula is C19H25N3O3. The van der Waals surface area contributed by atoms with E-state index in [-0.39, 0.29) is 6.04 Å². The summed E-state index contributed by atoms with van der Waals surface area (Å²) in [6.07, 6.45) is 3.73. The normalized spacial score (nSPS) is 16.3. The van der Waals surface area contributed by atoms with Crippen LogP contribution in [0.15, 0.2) is 36.7 Å². The first kappa shape index (κ1) is 17.5. The van der Waals surface area contributed by atoms with Gasteiger partial charge in [0, 0.05) is 38.6 Å². The fraction of sp³-hybridized carbons (Fsp3) is 0.421. The van der Waals surface area contributed by atoms with E-state index in [1.54, 1.807) is 27.5 Å². The highest BCUT2D eigenvalue weighted by atomic mass is 16.5. The van der Waals surface area contributed by atoms with Crippen molar-refractivity contribution in [2.75, 3.05) is 47.5 Å². The van der Waals surface area contributed by atoms with Gasteiger partial charge in [0.1, 0.15) is 0 Å². The van der Waals surface area contributed by atoms with Crippen molar-refractivity contribution in [1.82, 2.24) is 15.2 Å². The van der Waals surface area contributed by atoms with Crippen molar-refractivity contribution >= 4 is 0 Å². The molecule has 1 N–H and O–H groups in total. The fourth-order valence-electron chi connectivity index (χ4n) is 3.35. The Labute approximate surface area is 148 Å². The Morgan fingerprint density at radius 2 is 1.68 bits per heavy atom. The van der Waals surface area contributed by atoms with E-state index in [1.165, 1.54) is 0 Å². The lowest BCUT2D eigenvalue weighted by Gasteiger charge is -2.35. The van der Waals surface area contributed by atoms with Gasteiger partial charge in [0.15, 0.2) is 11.5 Å². The second kappa shape index (κ2) is 8.18. The van der Waals surface area contributed by atoms with Crippen LogP contribution in [0.2, 0.25) is 0 Å². The number of rotatable bonds is 6. The van der Waals surface area contributed by atoms with Crippen molar-refractivity contribution in [2.45, 2.75) is 6.04 Å². The maximum atomic E-state index is 5.54. The van der Waals surface area contributed by atoms with Crippen molar-refractivity contribution in [2.24, 2.45) is 0 Å². The molecule has 25 heavy (non-hydrogen) atoms. The maximum Gasteiger partial charge on any atom is 0.203 e. The Bertz CT molecular complexity index is 663. The van der Waals surface area contributed by atoms with E-state index in [0.717, 1.165) is 37.3 Å². The number of aromatic nitrogens is 1. The smallest absolute Gasteiger partial charge is 0.203 e. The third kappa shape index (κ3) is 3.70. The van der Waals surface area contributed by atoms with Gasteiger partial charge in [-0.1, -0.05) is 6.07 Å². The first-order valence-corrected chi connectivity index (χ1v) is 8.43. The highest BCUT2D eigenvalue weighted by Gasteiger charge is 2.26. The van der Waals surface area contributed by atoms with Crippen LogP contribution in [-0.2, 0) is 0 Å². The quantitative estimate of drug-likeness (QED) is 0.867. The summed E-state index contributed by atoms with van der Waals surface area (Å²) in [4.78, 5) is 6.77. The Hall–Kier alpha value is -2.31. The Morgan fingerprint density at radius 1 is 1.00 bits per heavy atom. The van der Waals surface area contributed by atoms with E-state index in [4.69, 9.17) is 14.2 Å². The molecule has 1 aromatic carbocycles. The Balaban J connectivity index is 2.09. The van der Waals surface area contributed by atoms with E-state index in [9.17, 15) is 0 Å². The average Bonchev–Trinajstić information content (AvgIpc) is 2.69. The molecule has 6 nitrogen and oxygen atoms in total. The van der Waals surface area contributed by atoms with E-state index in [0.29, 0.717) is 17.2 Å². The number of hydrogen-bond acceptors (Lipinski definition) is 6. The Kier molecular flexibility index (Phi) is 5.73. The first-order chi connectivity index (χ1) is 12.3. The van der Waals surface area contributed by atoms with Gasteiger partial charge < -0.3 is 19.5 Å². The molecule has 1 atom stereocenters. The number of ether oxygens (including phenoxy) is 3. The van der Waals surface area contributed by atoms with Gasteiger partial charge in [-0.25, -0.2) is 0 Å². The number of benzene rings is 1. The number of hydrogen-bond donors (Lipinski definition) is 1. The minimum Gasteiger partial charge on any atom is -0.493 e. The van der Waals surface area contributed by atoms with Gasteiger partial charge in [0.2, 0.25) is 5.75 Å². The lowest BCUT2D eigenvalue weighted by Crippen LogP contribution is -2.45. The summed E-state index contributed by atoms with van der Waals surface area (Å²) in [5.41, 5.74) is 2.25. The van der Waals surface area contributed by atoms with Crippen LogP contribution in [0.1, 0.15) is 17.2 Å². The van der Waals surface area contributed by atoms with Crippen molar-refractivity contribution in [1.29, 1.82) is 0 Å². The Morgan fingerprint density at radius 3 is 2.20 bits per heavy atom. The third-order valence-electron chi connectivity index (χ3n) is 4.52. The van der Waals surface area contributed by atoms with Crippen LogP contribution in [0.25, 0.3) is 0 Å². The summed E-state index contributed by atoms with van der Waals surface area (Å²) in [6.45, 7) is 3.88. The SMILES string of the molecule is COc1cc(C(c2cccnc2)N2CCNCC2)cc(OC)c1OC. The summed E-state index contributed by atoms with van der Waals surface area (Å²) < 4.78 is 16.5. The van der Waals surface area contributed by atoms with Gasteiger partial charge in [-0.2, -0.15) is 0 Å². The molecule has 3 rings (SSSR count). The maximum absolute atomic E-state index is 5.54. The van der Waals surface area contributed by atoms with Gasteiger partial charge in [0.25, 0.3) is 0 Å². The molecule has 1 aliphatic heterocycles. The van der Waals surface area contributed by atoms with Gasteiger partial charge in [-0.15, -0.1) is 0 Å². The summed E-state index contributed by atoms with van der Waals surface area (Å²) >= 11 is 0. The second-order valence-corrected chi connectivity index (χ2v) is 5.93. The van der Waals surface area contributed by atoms with Crippen LogP contribution in [0.4, 0.5) is 0 Å². The van der Waals surface area contributed by atoms with Crippen LogP contribution in [-0.4, -0.2) is 57.4 Å². The lowest BCUT2D eigenvalue weighted by molar-refractivity contribution is 0.197. The zero-order valence-corrected chi connectivity index (χ0v) is 15.0. The molecule has 0 spiro atoms. The molecule has 2 heterocycles. The number of piperazine rings is 1. The summed E-state index contributed by atoms with van der Waals surface area (Å²) in [5, 5.41) is 3.41. The van der Waals surface area contributed by atoms with Crippen LogP contribution in [0.5, 0.6) is 17.2 Å². The highest BCUT2D eigenvalue weighted by Crippen LogP contribution is 2.42. The van der Waals surface area contributed by atoms with E-state index in [2.05, 4.69) is 21.3 Å². The molecule has 2 aromatic rings. The number of pyridine rings is 1. The standard InChI is InChI=1S/C19H25N3O3/c1-23-16-11-15(12-17(24-2)19(16)25-3)18(14-5-4-6-21-13-14)22-9-7-20-8-10-22/h4-6,11-13,18,20H,7-10H2,1-3H3. The molecule has 0 radical (unpaired) electrons. The summed E-state index contributed by atoms with van der Waals surface area (Å²) in [7, 11) is 4.91. The van der Waals surface area contributed by atoms with Gasteiger partial charge in [-0.05, 0) is 29.3 Å². The molecule has 134 valence electrons. The number of nitrogens with one attached hydrogen (secondary N) is 1. The minimum atomic E-state index is 0.0875. The monoisotopic (exact) mass is 343 g/mol. The first-order valence-electron chi connectivity index (χ1n) is 8.43. The summed E-state index contributed by atoms with van der Waals surface area (Å²) in [5.74, 6) is 1.95. The van der Waals surface area contributed by atoms with E-state index in [1.807, 2.05) is 24.4 Å². The summed E-state index contributed by atoms with van der Waals surface area (Å²) in [6, 6.07) is 8.23.